The molecule has 0 aliphatic carbocycles. The van der Waals surface area contributed by atoms with Crippen molar-refractivity contribution < 1.29 is 22.8 Å². The first kappa shape index (κ1) is 22.8. The topological polar surface area (TPSA) is 62.3 Å². The van der Waals surface area contributed by atoms with Crippen molar-refractivity contribution in [1.29, 1.82) is 0 Å². The van der Waals surface area contributed by atoms with Crippen molar-refractivity contribution in [3.05, 3.63) is 69.9 Å². The molecular formula is C21H17ClF3N3O2S. The number of anilines is 1. The minimum atomic E-state index is -1.68. The van der Waals surface area contributed by atoms with Gasteiger partial charge in [0.2, 0.25) is 5.91 Å². The van der Waals surface area contributed by atoms with Gasteiger partial charge in [-0.05, 0) is 30.7 Å². The van der Waals surface area contributed by atoms with Gasteiger partial charge in [0.05, 0.1) is 5.69 Å². The Kier molecular flexibility index (Phi) is 7.29. The van der Waals surface area contributed by atoms with E-state index in [4.69, 9.17) is 11.6 Å². The fraction of sp³-hybridized carbons (Fsp3) is 0.190. The zero-order valence-corrected chi connectivity index (χ0v) is 17.9. The zero-order valence-electron chi connectivity index (χ0n) is 16.3. The molecule has 1 heterocycles. The van der Waals surface area contributed by atoms with Gasteiger partial charge in [-0.1, -0.05) is 30.7 Å². The van der Waals surface area contributed by atoms with Gasteiger partial charge in [0.1, 0.15) is 17.2 Å². The second-order valence-corrected chi connectivity index (χ2v) is 7.84. The van der Waals surface area contributed by atoms with Crippen LogP contribution in [0, 0.1) is 17.5 Å². The zero-order chi connectivity index (χ0) is 22.5. The molecule has 10 heteroatoms. The van der Waals surface area contributed by atoms with Crippen molar-refractivity contribution in [2.45, 2.75) is 13.3 Å². The number of carbonyl (C=O) groups excluding carboxylic acids is 2. The number of nitrogens with zero attached hydrogens (tertiary/aromatic N) is 2. The molecule has 0 unspecified atom stereocenters. The maximum Gasteiger partial charge on any atom is 0.273 e. The maximum atomic E-state index is 13.8. The summed E-state index contributed by atoms with van der Waals surface area (Å²) in [6.07, 6.45) is 0.562. The van der Waals surface area contributed by atoms with Crippen LogP contribution in [0.15, 0.2) is 41.8 Å². The Morgan fingerprint density at radius 3 is 2.48 bits per heavy atom. The lowest BCUT2D eigenvalue weighted by Gasteiger charge is -2.20. The molecule has 162 valence electrons. The molecule has 0 atom stereocenters. The van der Waals surface area contributed by atoms with Gasteiger partial charge >= 0.3 is 0 Å². The SMILES string of the molecule is CCCN(CC(=O)Nc1ccc(F)c(F)c1F)C(=O)c1csc(-c2ccc(Cl)cc2)n1. The molecule has 0 saturated heterocycles. The highest BCUT2D eigenvalue weighted by atomic mass is 35.5. The molecule has 0 radical (unpaired) electrons. The van der Waals surface area contributed by atoms with Crippen molar-refractivity contribution >= 4 is 40.4 Å². The standard InChI is InChI=1S/C21H17ClF3N3O2S/c1-2-9-28(10-17(29)26-15-8-7-14(23)18(24)19(15)25)21(30)16-11-31-20(27-16)12-3-5-13(22)6-4-12/h3-8,11H,2,9-10H2,1H3,(H,26,29). The molecule has 0 saturated carbocycles. The summed E-state index contributed by atoms with van der Waals surface area (Å²) in [7, 11) is 0. The van der Waals surface area contributed by atoms with Crippen LogP contribution in [0.2, 0.25) is 5.02 Å². The minimum absolute atomic E-state index is 0.162. The molecule has 0 fully saturated rings. The number of halogens is 4. The number of hydrogen-bond donors (Lipinski definition) is 1. The van der Waals surface area contributed by atoms with E-state index in [1.54, 1.807) is 29.6 Å². The number of carbonyl (C=O) groups is 2. The predicted octanol–water partition coefficient (Wildman–Crippen LogP) is 5.37. The summed E-state index contributed by atoms with van der Waals surface area (Å²) in [5.41, 5.74) is 0.448. The number of nitrogens with one attached hydrogen (secondary N) is 1. The van der Waals surface area contributed by atoms with E-state index < -0.39 is 41.5 Å². The van der Waals surface area contributed by atoms with Crippen molar-refractivity contribution in [1.82, 2.24) is 9.88 Å². The smallest absolute Gasteiger partial charge is 0.273 e. The van der Waals surface area contributed by atoms with E-state index >= 15 is 0 Å². The first-order valence-corrected chi connectivity index (χ1v) is 10.5. The molecule has 0 aliphatic heterocycles. The summed E-state index contributed by atoms with van der Waals surface area (Å²) in [6, 6.07) is 8.61. The quantitative estimate of drug-likeness (QED) is 0.475. The highest BCUT2D eigenvalue weighted by Gasteiger charge is 2.22. The van der Waals surface area contributed by atoms with E-state index in [0.717, 1.165) is 11.6 Å². The molecule has 3 rings (SSSR count). The van der Waals surface area contributed by atoms with E-state index in [-0.39, 0.29) is 12.2 Å². The molecule has 0 aliphatic rings. The van der Waals surface area contributed by atoms with Crippen LogP contribution >= 0.6 is 22.9 Å². The number of rotatable bonds is 7. The Labute approximate surface area is 185 Å². The number of aromatic nitrogens is 1. The highest BCUT2D eigenvalue weighted by molar-refractivity contribution is 7.13. The van der Waals surface area contributed by atoms with Gasteiger partial charge < -0.3 is 10.2 Å². The Balaban J connectivity index is 1.73. The average molecular weight is 468 g/mol. The Morgan fingerprint density at radius 1 is 1.10 bits per heavy atom. The number of hydrogen-bond acceptors (Lipinski definition) is 4. The molecule has 1 N–H and O–H groups in total. The second kappa shape index (κ2) is 9.93. The number of thiazole rings is 1. The molecular weight excluding hydrogens is 451 g/mol. The van der Waals surface area contributed by atoms with Crippen LogP contribution in [-0.2, 0) is 4.79 Å². The fourth-order valence-corrected chi connectivity index (χ4v) is 3.69. The summed E-state index contributed by atoms with van der Waals surface area (Å²) < 4.78 is 40.2. The molecule has 2 aromatic carbocycles. The van der Waals surface area contributed by atoms with Crippen molar-refractivity contribution in [2.24, 2.45) is 0 Å². The van der Waals surface area contributed by atoms with Crippen LogP contribution in [-0.4, -0.2) is 34.8 Å². The van der Waals surface area contributed by atoms with Gasteiger partial charge in [-0.3, -0.25) is 9.59 Å². The molecule has 1 aromatic heterocycles. The van der Waals surface area contributed by atoms with E-state index in [1.807, 2.05) is 6.92 Å². The summed E-state index contributed by atoms with van der Waals surface area (Å²) in [6.45, 7) is 1.67. The van der Waals surface area contributed by atoms with Gasteiger partial charge in [-0.2, -0.15) is 0 Å². The lowest BCUT2D eigenvalue weighted by Crippen LogP contribution is -2.38. The molecule has 3 aromatic rings. The minimum Gasteiger partial charge on any atom is -0.328 e. The molecule has 0 bridgehead atoms. The Morgan fingerprint density at radius 2 is 1.81 bits per heavy atom. The highest BCUT2D eigenvalue weighted by Crippen LogP contribution is 2.26. The number of benzene rings is 2. The molecule has 2 amide bonds. The normalized spacial score (nSPS) is 10.7. The van der Waals surface area contributed by atoms with Crippen LogP contribution in [0.25, 0.3) is 10.6 Å². The van der Waals surface area contributed by atoms with Crippen molar-refractivity contribution in [2.75, 3.05) is 18.4 Å². The maximum absolute atomic E-state index is 13.8. The molecule has 0 spiro atoms. The third-order valence-electron chi connectivity index (χ3n) is 4.24. The summed E-state index contributed by atoms with van der Waals surface area (Å²) in [5.74, 6) is -5.78. The van der Waals surface area contributed by atoms with Crippen LogP contribution in [0.5, 0.6) is 0 Å². The third kappa shape index (κ3) is 5.42. The predicted molar refractivity (Wildman–Crippen MR) is 114 cm³/mol. The average Bonchev–Trinajstić information content (AvgIpc) is 3.24. The first-order valence-electron chi connectivity index (χ1n) is 9.24. The van der Waals surface area contributed by atoms with Crippen LogP contribution in [0.4, 0.5) is 18.9 Å². The lowest BCUT2D eigenvalue weighted by atomic mass is 10.2. The van der Waals surface area contributed by atoms with E-state index in [0.29, 0.717) is 22.5 Å². The third-order valence-corrected chi connectivity index (χ3v) is 5.38. The van der Waals surface area contributed by atoms with E-state index in [1.165, 1.54) is 16.2 Å². The Bertz CT molecular complexity index is 1110. The number of amides is 2. The van der Waals surface area contributed by atoms with Gasteiger partial charge in [0, 0.05) is 22.5 Å². The largest absolute Gasteiger partial charge is 0.328 e. The van der Waals surface area contributed by atoms with E-state index in [9.17, 15) is 22.8 Å². The van der Waals surface area contributed by atoms with Crippen molar-refractivity contribution in [3.63, 3.8) is 0 Å². The van der Waals surface area contributed by atoms with Gasteiger partial charge in [-0.25, -0.2) is 18.2 Å². The molecule has 31 heavy (non-hydrogen) atoms. The lowest BCUT2D eigenvalue weighted by molar-refractivity contribution is -0.116. The van der Waals surface area contributed by atoms with Crippen LogP contribution < -0.4 is 5.32 Å². The summed E-state index contributed by atoms with van der Waals surface area (Å²) in [5, 5.41) is 4.94. The first-order chi connectivity index (χ1) is 14.8. The van der Waals surface area contributed by atoms with E-state index in [2.05, 4.69) is 10.3 Å². The van der Waals surface area contributed by atoms with Crippen LogP contribution in [0.1, 0.15) is 23.8 Å². The van der Waals surface area contributed by atoms with Gasteiger partial charge in [-0.15, -0.1) is 11.3 Å². The summed E-state index contributed by atoms with van der Waals surface area (Å²) in [4.78, 5) is 30.8. The van der Waals surface area contributed by atoms with Crippen molar-refractivity contribution in [3.8, 4) is 10.6 Å². The summed E-state index contributed by atoms with van der Waals surface area (Å²) >= 11 is 7.15. The second-order valence-electron chi connectivity index (χ2n) is 6.54. The molecule has 5 nitrogen and oxygen atoms in total. The monoisotopic (exact) mass is 467 g/mol. The van der Waals surface area contributed by atoms with Gasteiger partial charge in [0.25, 0.3) is 5.91 Å². The van der Waals surface area contributed by atoms with Gasteiger partial charge in [0.15, 0.2) is 17.5 Å². The fourth-order valence-electron chi connectivity index (χ4n) is 2.77. The Hall–Kier alpha value is -2.91. The van der Waals surface area contributed by atoms with Crippen LogP contribution in [0.3, 0.4) is 0 Å².